The molecule has 23 heavy (non-hydrogen) atoms. The molecule has 1 aromatic rings. The van der Waals surface area contributed by atoms with E-state index in [-0.39, 0.29) is 10.0 Å². The molecule has 0 aliphatic carbocycles. The largest absolute Gasteiger partial charge is 0.460 e. The fourth-order valence-corrected chi connectivity index (χ4v) is 1.73. The lowest BCUT2D eigenvalue weighted by Gasteiger charge is -2.32. The van der Waals surface area contributed by atoms with Gasteiger partial charge in [0.25, 0.3) is 0 Å². The first kappa shape index (κ1) is 19.8. The van der Waals surface area contributed by atoms with Gasteiger partial charge in [-0.3, -0.25) is 4.79 Å². The summed E-state index contributed by atoms with van der Waals surface area (Å²) in [6, 6.07) is 2.23. The van der Waals surface area contributed by atoms with Crippen molar-refractivity contribution in [2.24, 2.45) is 0 Å². The fourth-order valence-electron chi connectivity index (χ4n) is 1.48. The van der Waals surface area contributed by atoms with Crippen molar-refractivity contribution in [1.29, 1.82) is 0 Å². The molecule has 0 saturated heterocycles. The quantitative estimate of drug-likeness (QED) is 0.473. The monoisotopic (exact) mass is 416 g/mol. The Morgan fingerprint density at radius 3 is 1.78 bits per heavy atom. The molecule has 130 valence electrons. The van der Waals surface area contributed by atoms with Gasteiger partial charge < -0.3 is 0 Å². The van der Waals surface area contributed by atoms with Crippen LogP contribution in [0, 0.1) is 6.92 Å². The van der Waals surface area contributed by atoms with E-state index >= 15 is 0 Å². The SMILES string of the molecule is Cc1cc(C(=O)C(F)(F)C(F)(F)C(F)(F)C(F)(F)F)ccc1Br. The molecule has 0 aromatic heterocycles. The first-order chi connectivity index (χ1) is 10.1. The predicted molar refractivity (Wildman–Crippen MR) is 64.1 cm³/mol. The van der Waals surface area contributed by atoms with Crippen LogP contribution in [-0.4, -0.2) is 29.7 Å². The third-order valence-electron chi connectivity index (χ3n) is 2.85. The Bertz CT molecular complexity index is 621. The molecule has 0 fully saturated rings. The number of ketones is 1. The van der Waals surface area contributed by atoms with Gasteiger partial charge in [-0.05, 0) is 24.6 Å². The molecule has 0 bridgehead atoms. The summed E-state index contributed by atoms with van der Waals surface area (Å²) in [5.74, 6) is -23.2. The summed E-state index contributed by atoms with van der Waals surface area (Å²) in [4.78, 5) is 11.4. The van der Waals surface area contributed by atoms with Crippen molar-refractivity contribution < 1.29 is 44.3 Å². The van der Waals surface area contributed by atoms with Crippen LogP contribution in [0.15, 0.2) is 22.7 Å². The molecule has 0 N–H and O–H groups in total. The molecule has 1 aromatic carbocycles. The Kier molecular flexibility index (Phi) is 4.88. The molecule has 1 nitrogen and oxygen atoms in total. The second-order valence-electron chi connectivity index (χ2n) is 4.51. The van der Waals surface area contributed by atoms with E-state index in [2.05, 4.69) is 15.9 Å². The molecule has 11 heteroatoms. The van der Waals surface area contributed by atoms with Crippen molar-refractivity contribution in [2.45, 2.75) is 30.9 Å². The highest BCUT2D eigenvalue weighted by molar-refractivity contribution is 9.10. The number of aryl methyl sites for hydroxylation is 1. The molecule has 0 spiro atoms. The van der Waals surface area contributed by atoms with Crippen molar-refractivity contribution in [2.75, 3.05) is 0 Å². The predicted octanol–water partition coefficient (Wildman–Crippen LogP) is 5.41. The Morgan fingerprint density at radius 2 is 1.39 bits per heavy atom. The zero-order valence-corrected chi connectivity index (χ0v) is 12.5. The molecule has 0 unspecified atom stereocenters. The molecule has 0 atom stereocenters. The minimum atomic E-state index is -7.09. The van der Waals surface area contributed by atoms with Crippen molar-refractivity contribution in [3.05, 3.63) is 33.8 Å². The highest BCUT2D eigenvalue weighted by Gasteiger charge is 2.83. The van der Waals surface area contributed by atoms with Gasteiger partial charge in [-0.25, -0.2) is 0 Å². The Morgan fingerprint density at radius 1 is 0.913 bits per heavy atom. The van der Waals surface area contributed by atoms with Crippen LogP contribution in [0.3, 0.4) is 0 Å². The Hall–Kier alpha value is -1.26. The number of halogens is 10. The van der Waals surface area contributed by atoms with Crippen LogP contribution in [0.25, 0.3) is 0 Å². The number of Topliss-reactive ketones (excluding diaryl/α,β-unsaturated/α-hetero) is 1. The van der Waals surface area contributed by atoms with Gasteiger partial charge in [0.1, 0.15) is 0 Å². The number of carbonyl (C=O) groups excluding carboxylic acids is 1. The van der Waals surface area contributed by atoms with Crippen LogP contribution in [0.5, 0.6) is 0 Å². The first-order valence-corrected chi connectivity index (χ1v) is 6.37. The first-order valence-electron chi connectivity index (χ1n) is 5.58. The number of alkyl halides is 9. The van der Waals surface area contributed by atoms with E-state index in [1.165, 1.54) is 6.92 Å². The summed E-state index contributed by atoms with van der Waals surface area (Å²) in [5.41, 5.74) is -1.02. The molecule has 0 heterocycles. The Balaban J connectivity index is 3.38. The van der Waals surface area contributed by atoms with Crippen molar-refractivity contribution in [3.8, 4) is 0 Å². The van der Waals surface area contributed by atoms with Crippen molar-refractivity contribution >= 4 is 21.7 Å². The maximum absolute atomic E-state index is 13.4. The van der Waals surface area contributed by atoms with Gasteiger partial charge in [-0.1, -0.05) is 22.0 Å². The minimum absolute atomic E-state index is 0.109. The number of carbonyl (C=O) groups is 1. The van der Waals surface area contributed by atoms with Gasteiger partial charge in [-0.2, -0.15) is 39.5 Å². The average molecular weight is 417 g/mol. The summed E-state index contributed by atoms with van der Waals surface area (Å²) >= 11 is 2.91. The average Bonchev–Trinajstić information content (AvgIpc) is 2.39. The van der Waals surface area contributed by atoms with Crippen LogP contribution < -0.4 is 0 Å². The van der Waals surface area contributed by atoms with Crippen LogP contribution in [0.4, 0.5) is 39.5 Å². The molecule has 0 aliphatic heterocycles. The summed E-state index contributed by atoms with van der Waals surface area (Å²) < 4.78 is 115. The van der Waals surface area contributed by atoms with Gasteiger partial charge in [0.15, 0.2) is 0 Å². The molecule has 0 radical (unpaired) electrons. The van der Waals surface area contributed by atoms with E-state index in [0.717, 1.165) is 6.07 Å². The summed E-state index contributed by atoms with van der Waals surface area (Å²) in [7, 11) is 0. The maximum Gasteiger partial charge on any atom is 0.460 e. The number of benzene rings is 1. The van der Waals surface area contributed by atoms with E-state index < -0.39 is 35.3 Å². The second-order valence-corrected chi connectivity index (χ2v) is 5.37. The third-order valence-corrected chi connectivity index (χ3v) is 3.74. The van der Waals surface area contributed by atoms with Gasteiger partial charge in [0.05, 0.1) is 0 Å². The van der Waals surface area contributed by atoms with E-state index in [9.17, 15) is 44.3 Å². The van der Waals surface area contributed by atoms with Crippen LogP contribution in [-0.2, 0) is 0 Å². The zero-order chi connectivity index (χ0) is 18.4. The van der Waals surface area contributed by atoms with E-state index in [4.69, 9.17) is 0 Å². The van der Waals surface area contributed by atoms with Crippen LogP contribution in [0.1, 0.15) is 15.9 Å². The van der Waals surface area contributed by atoms with Crippen LogP contribution in [0.2, 0.25) is 0 Å². The maximum atomic E-state index is 13.4. The third kappa shape index (κ3) is 3.07. The number of hydrogen-bond acceptors (Lipinski definition) is 1. The lowest BCUT2D eigenvalue weighted by Crippen LogP contribution is -2.63. The topological polar surface area (TPSA) is 17.1 Å². The number of hydrogen-bond donors (Lipinski definition) is 0. The summed E-state index contributed by atoms with van der Waals surface area (Å²) in [5, 5.41) is 0. The van der Waals surface area contributed by atoms with Gasteiger partial charge in [0, 0.05) is 10.0 Å². The van der Waals surface area contributed by atoms with Gasteiger partial charge >= 0.3 is 23.9 Å². The van der Waals surface area contributed by atoms with E-state index in [0.29, 0.717) is 12.1 Å². The molecule has 0 aliphatic rings. The van der Waals surface area contributed by atoms with Gasteiger partial charge in [0.2, 0.25) is 5.78 Å². The van der Waals surface area contributed by atoms with Crippen molar-refractivity contribution in [3.63, 3.8) is 0 Å². The second kappa shape index (κ2) is 5.67. The number of rotatable bonds is 4. The van der Waals surface area contributed by atoms with Crippen molar-refractivity contribution in [1.82, 2.24) is 0 Å². The highest BCUT2D eigenvalue weighted by Crippen LogP contribution is 2.53. The Labute approximate surface area is 131 Å². The van der Waals surface area contributed by atoms with Gasteiger partial charge in [-0.15, -0.1) is 0 Å². The lowest BCUT2D eigenvalue weighted by atomic mass is 9.95. The van der Waals surface area contributed by atoms with Crippen LogP contribution >= 0.6 is 15.9 Å². The standard InChI is InChI=1S/C12H6BrF9O/c1-5-4-6(2-3-7(5)13)8(23)9(14,15)10(16,17)11(18,19)12(20,21)22/h2-4H,1H3. The minimum Gasteiger partial charge on any atom is -0.287 e. The fraction of sp³-hybridized carbons (Fsp3) is 0.417. The zero-order valence-electron chi connectivity index (χ0n) is 10.9. The van der Waals surface area contributed by atoms with E-state index in [1.807, 2.05) is 0 Å². The molecular weight excluding hydrogens is 411 g/mol. The highest BCUT2D eigenvalue weighted by atomic mass is 79.9. The molecule has 1 rings (SSSR count). The summed E-state index contributed by atoms with van der Waals surface area (Å²) in [6.45, 7) is 1.27. The molecule has 0 amide bonds. The molecule has 0 saturated carbocycles. The summed E-state index contributed by atoms with van der Waals surface area (Å²) in [6.07, 6.45) is -6.96. The van der Waals surface area contributed by atoms with E-state index in [1.54, 1.807) is 0 Å². The molecular formula is C12H6BrF9O. The smallest absolute Gasteiger partial charge is 0.287 e. The normalized spacial score (nSPS) is 14.0. The lowest BCUT2D eigenvalue weighted by molar-refractivity contribution is -0.386.